The Hall–Kier alpha value is -1.31. The molecule has 0 heterocycles. The van der Waals surface area contributed by atoms with E-state index in [4.69, 9.17) is 11.6 Å². The van der Waals surface area contributed by atoms with Crippen LogP contribution in [0.5, 0.6) is 0 Å². The third-order valence-electron chi connectivity index (χ3n) is 2.33. The molecule has 0 radical (unpaired) electrons. The molecule has 0 aliphatic carbocycles. The number of sulfonamides is 1. The van der Waals surface area contributed by atoms with E-state index in [1.807, 2.05) is 6.92 Å². The van der Waals surface area contributed by atoms with Gasteiger partial charge in [0, 0.05) is 18.7 Å². The normalized spacial score (nSPS) is 11.2. The lowest BCUT2D eigenvalue weighted by Gasteiger charge is -2.09. The van der Waals surface area contributed by atoms with Gasteiger partial charge < -0.3 is 10.6 Å². The highest BCUT2D eigenvalue weighted by Crippen LogP contribution is 2.26. The summed E-state index contributed by atoms with van der Waals surface area (Å²) in [6, 6.07) is 4.59. The summed E-state index contributed by atoms with van der Waals surface area (Å²) in [7, 11) is -3.38. The molecule has 20 heavy (non-hydrogen) atoms. The largest absolute Gasteiger partial charge is 0.326 e. The molecule has 0 aliphatic heterocycles. The fourth-order valence-corrected chi connectivity index (χ4v) is 2.34. The summed E-state index contributed by atoms with van der Waals surface area (Å²) in [4.78, 5) is 11.6. The number of benzene rings is 1. The number of halogens is 1. The predicted molar refractivity (Wildman–Crippen MR) is 81.7 cm³/mol. The van der Waals surface area contributed by atoms with E-state index in [2.05, 4.69) is 15.4 Å². The van der Waals surface area contributed by atoms with Crippen LogP contribution in [-0.2, 0) is 14.8 Å². The first-order valence-corrected chi connectivity index (χ1v) is 8.36. The number of nitrogens with one attached hydrogen (secondary N) is 3. The van der Waals surface area contributed by atoms with E-state index in [0.29, 0.717) is 18.7 Å². The Bertz CT molecular complexity index is 575. The fourth-order valence-electron chi connectivity index (χ4n) is 1.48. The molecule has 0 atom stereocenters. The van der Waals surface area contributed by atoms with Crippen LogP contribution >= 0.6 is 11.6 Å². The van der Waals surface area contributed by atoms with Crippen molar-refractivity contribution in [2.45, 2.75) is 13.3 Å². The number of rotatable bonds is 7. The number of hydrogen-bond donors (Lipinski definition) is 3. The van der Waals surface area contributed by atoms with Gasteiger partial charge in [0.2, 0.25) is 15.9 Å². The Balaban J connectivity index is 2.65. The van der Waals surface area contributed by atoms with Crippen molar-refractivity contribution >= 4 is 38.9 Å². The number of carbonyl (C=O) groups excluding carboxylic acids is 1. The molecule has 0 saturated carbocycles. The maximum absolute atomic E-state index is 11.6. The molecule has 0 saturated heterocycles. The van der Waals surface area contributed by atoms with Gasteiger partial charge in [-0.25, -0.2) is 8.42 Å². The van der Waals surface area contributed by atoms with Gasteiger partial charge in [-0.1, -0.05) is 18.5 Å². The maximum atomic E-state index is 11.6. The molecule has 1 aromatic carbocycles. The van der Waals surface area contributed by atoms with Gasteiger partial charge in [-0.05, 0) is 24.7 Å². The SMILES string of the molecule is CCNCCC(=O)Nc1ccc(NS(C)(=O)=O)c(Cl)c1. The van der Waals surface area contributed by atoms with E-state index in [1.165, 1.54) is 12.1 Å². The van der Waals surface area contributed by atoms with Crippen LogP contribution in [0.4, 0.5) is 11.4 Å². The summed E-state index contributed by atoms with van der Waals surface area (Å²) in [6.07, 6.45) is 1.40. The Morgan fingerprint density at radius 2 is 2.05 bits per heavy atom. The summed E-state index contributed by atoms with van der Waals surface area (Å²) in [6.45, 7) is 3.37. The molecule has 8 heteroatoms. The van der Waals surface area contributed by atoms with Gasteiger partial charge in [0.25, 0.3) is 0 Å². The predicted octanol–water partition coefficient (Wildman–Crippen LogP) is 1.65. The van der Waals surface area contributed by atoms with Crippen LogP contribution in [0.25, 0.3) is 0 Å². The second kappa shape index (κ2) is 7.47. The molecule has 112 valence electrons. The minimum Gasteiger partial charge on any atom is -0.326 e. The van der Waals surface area contributed by atoms with Gasteiger partial charge in [-0.15, -0.1) is 0 Å². The first kappa shape index (κ1) is 16.7. The second-order valence-corrected chi connectivity index (χ2v) is 6.38. The summed E-state index contributed by atoms with van der Waals surface area (Å²) >= 11 is 5.96. The zero-order valence-corrected chi connectivity index (χ0v) is 12.9. The molecule has 0 spiro atoms. The molecule has 0 fully saturated rings. The lowest BCUT2D eigenvalue weighted by atomic mass is 10.2. The van der Waals surface area contributed by atoms with Gasteiger partial charge >= 0.3 is 0 Å². The zero-order chi connectivity index (χ0) is 15.2. The maximum Gasteiger partial charge on any atom is 0.229 e. The standard InChI is InChI=1S/C12H18ClN3O3S/c1-3-14-7-6-12(17)15-9-4-5-11(10(13)8-9)16-20(2,18)19/h4-5,8,14,16H,3,6-7H2,1-2H3,(H,15,17). The molecule has 1 rings (SSSR count). The molecule has 0 bridgehead atoms. The highest BCUT2D eigenvalue weighted by molar-refractivity contribution is 7.92. The Labute approximate surface area is 123 Å². The van der Waals surface area contributed by atoms with Crippen molar-refractivity contribution in [1.82, 2.24) is 5.32 Å². The zero-order valence-electron chi connectivity index (χ0n) is 11.4. The summed E-state index contributed by atoms with van der Waals surface area (Å²) in [5.41, 5.74) is 0.801. The van der Waals surface area contributed by atoms with E-state index >= 15 is 0 Å². The van der Waals surface area contributed by atoms with Crippen molar-refractivity contribution in [3.8, 4) is 0 Å². The highest BCUT2D eigenvalue weighted by atomic mass is 35.5. The molecule has 1 aromatic rings. The second-order valence-electron chi connectivity index (χ2n) is 4.22. The van der Waals surface area contributed by atoms with Crippen LogP contribution in [0.15, 0.2) is 18.2 Å². The summed E-state index contributed by atoms with van der Waals surface area (Å²) in [5, 5.41) is 5.96. The monoisotopic (exact) mass is 319 g/mol. The molecular weight excluding hydrogens is 302 g/mol. The Morgan fingerprint density at radius 3 is 2.60 bits per heavy atom. The van der Waals surface area contributed by atoms with E-state index in [1.54, 1.807) is 6.07 Å². The van der Waals surface area contributed by atoms with Crippen LogP contribution in [0, 0.1) is 0 Å². The quantitative estimate of drug-likeness (QED) is 0.667. The van der Waals surface area contributed by atoms with Crippen LogP contribution in [0.3, 0.4) is 0 Å². The third kappa shape index (κ3) is 6.23. The van der Waals surface area contributed by atoms with Crippen molar-refractivity contribution in [3.05, 3.63) is 23.2 Å². The van der Waals surface area contributed by atoms with E-state index < -0.39 is 10.0 Å². The van der Waals surface area contributed by atoms with E-state index in [-0.39, 0.29) is 16.6 Å². The van der Waals surface area contributed by atoms with Crippen LogP contribution in [0.2, 0.25) is 5.02 Å². The third-order valence-corrected chi connectivity index (χ3v) is 3.23. The van der Waals surface area contributed by atoms with Gasteiger partial charge in [0.05, 0.1) is 17.0 Å². The van der Waals surface area contributed by atoms with Crippen molar-refractivity contribution in [3.63, 3.8) is 0 Å². The number of hydrogen-bond acceptors (Lipinski definition) is 4. The van der Waals surface area contributed by atoms with Gasteiger partial charge in [0.15, 0.2) is 0 Å². The average molecular weight is 320 g/mol. The fraction of sp³-hybridized carbons (Fsp3) is 0.417. The molecule has 0 aromatic heterocycles. The Kier molecular flexibility index (Phi) is 6.25. The van der Waals surface area contributed by atoms with Gasteiger partial charge in [-0.2, -0.15) is 0 Å². The van der Waals surface area contributed by atoms with Gasteiger partial charge in [0.1, 0.15) is 0 Å². The first-order valence-electron chi connectivity index (χ1n) is 6.09. The molecular formula is C12H18ClN3O3S. The van der Waals surface area contributed by atoms with Crippen LogP contribution < -0.4 is 15.4 Å². The molecule has 0 unspecified atom stereocenters. The molecule has 1 amide bonds. The number of amides is 1. The first-order chi connectivity index (χ1) is 9.31. The lowest BCUT2D eigenvalue weighted by Crippen LogP contribution is -2.21. The molecule has 6 nitrogen and oxygen atoms in total. The van der Waals surface area contributed by atoms with E-state index in [9.17, 15) is 13.2 Å². The smallest absolute Gasteiger partial charge is 0.229 e. The Morgan fingerprint density at radius 1 is 1.35 bits per heavy atom. The van der Waals surface area contributed by atoms with Crippen molar-refractivity contribution in [2.24, 2.45) is 0 Å². The number of carbonyl (C=O) groups is 1. The molecule has 0 aliphatic rings. The van der Waals surface area contributed by atoms with Gasteiger partial charge in [-0.3, -0.25) is 9.52 Å². The van der Waals surface area contributed by atoms with Crippen LogP contribution in [0.1, 0.15) is 13.3 Å². The lowest BCUT2D eigenvalue weighted by molar-refractivity contribution is -0.116. The topological polar surface area (TPSA) is 87.3 Å². The summed E-state index contributed by atoms with van der Waals surface area (Å²) in [5.74, 6) is -0.133. The minimum absolute atomic E-state index is 0.133. The van der Waals surface area contributed by atoms with E-state index in [0.717, 1.165) is 12.8 Å². The van der Waals surface area contributed by atoms with Crippen molar-refractivity contribution in [2.75, 3.05) is 29.4 Å². The number of anilines is 2. The minimum atomic E-state index is -3.38. The summed E-state index contributed by atoms with van der Waals surface area (Å²) < 4.78 is 24.5. The van der Waals surface area contributed by atoms with Crippen molar-refractivity contribution in [1.29, 1.82) is 0 Å². The highest BCUT2D eigenvalue weighted by Gasteiger charge is 2.08. The van der Waals surface area contributed by atoms with Crippen molar-refractivity contribution < 1.29 is 13.2 Å². The average Bonchev–Trinajstić information content (AvgIpc) is 2.31. The van der Waals surface area contributed by atoms with Crippen LogP contribution in [-0.4, -0.2) is 33.7 Å². The molecule has 3 N–H and O–H groups in total.